The number of aliphatic carboxylic acids is 1. The summed E-state index contributed by atoms with van der Waals surface area (Å²) >= 11 is 0. The van der Waals surface area contributed by atoms with Gasteiger partial charge in [0.2, 0.25) is 5.91 Å². The topological polar surface area (TPSA) is 75.6 Å². The Hall–Kier alpha value is -2.09. The number of halogens is 3. The van der Waals surface area contributed by atoms with Gasteiger partial charge >= 0.3 is 12.1 Å². The molecule has 2 N–H and O–H groups in total. The van der Waals surface area contributed by atoms with Gasteiger partial charge in [0, 0.05) is 19.4 Å². The minimum atomic E-state index is -4.40. The molecule has 1 aliphatic rings. The Morgan fingerprint density at radius 2 is 2.08 bits per heavy atom. The van der Waals surface area contributed by atoms with Gasteiger partial charge in [-0.1, -0.05) is 18.2 Å². The van der Waals surface area contributed by atoms with Gasteiger partial charge in [0.15, 0.2) is 5.54 Å². The summed E-state index contributed by atoms with van der Waals surface area (Å²) in [6, 6.07) is 4.94. The zero-order chi connectivity index (χ0) is 17.8. The summed E-state index contributed by atoms with van der Waals surface area (Å²) in [6.45, 7) is 0.179. The minimum absolute atomic E-state index is 0.0330. The van der Waals surface area contributed by atoms with Crippen molar-refractivity contribution in [3.63, 3.8) is 0 Å². The molecule has 1 fully saturated rings. The molecular weight excluding hydrogens is 327 g/mol. The van der Waals surface area contributed by atoms with Crippen molar-refractivity contribution in [1.82, 2.24) is 5.32 Å². The molecule has 0 bridgehead atoms. The lowest BCUT2D eigenvalue weighted by molar-refractivity contribution is -0.147. The molecule has 1 aromatic carbocycles. The number of carbonyl (C=O) groups is 2. The van der Waals surface area contributed by atoms with E-state index >= 15 is 0 Å². The van der Waals surface area contributed by atoms with Gasteiger partial charge in [0.1, 0.15) is 0 Å². The molecule has 24 heavy (non-hydrogen) atoms. The summed E-state index contributed by atoms with van der Waals surface area (Å²) in [4.78, 5) is 23.2. The van der Waals surface area contributed by atoms with E-state index in [-0.39, 0.29) is 26.1 Å². The van der Waals surface area contributed by atoms with Crippen LogP contribution in [0, 0.1) is 0 Å². The lowest BCUT2D eigenvalue weighted by atomic mass is 9.98. The zero-order valence-electron chi connectivity index (χ0n) is 12.9. The molecule has 1 saturated heterocycles. The number of nitrogens with one attached hydrogen (secondary N) is 1. The Morgan fingerprint density at radius 1 is 1.33 bits per heavy atom. The first-order valence-corrected chi connectivity index (χ1v) is 7.51. The highest BCUT2D eigenvalue weighted by molar-refractivity contribution is 5.87. The molecule has 1 atom stereocenters. The Balaban J connectivity index is 1.86. The number of alkyl halides is 3. The minimum Gasteiger partial charge on any atom is -0.479 e. The van der Waals surface area contributed by atoms with Crippen molar-refractivity contribution in [2.24, 2.45) is 0 Å². The molecule has 0 spiro atoms. The third-order valence-electron chi connectivity index (χ3n) is 3.93. The van der Waals surface area contributed by atoms with Gasteiger partial charge in [-0.25, -0.2) is 4.79 Å². The Bertz CT molecular complexity index is 610. The first-order chi connectivity index (χ1) is 11.2. The molecule has 1 amide bonds. The van der Waals surface area contributed by atoms with E-state index in [0.717, 1.165) is 12.1 Å². The van der Waals surface area contributed by atoms with E-state index in [1.807, 2.05) is 0 Å². The molecule has 8 heteroatoms. The third kappa shape index (κ3) is 4.47. The van der Waals surface area contributed by atoms with Gasteiger partial charge in [-0.3, -0.25) is 4.79 Å². The van der Waals surface area contributed by atoms with E-state index in [0.29, 0.717) is 18.4 Å². The summed E-state index contributed by atoms with van der Waals surface area (Å²) in [7, 11) is 0. The van der Waals surface area contributed by atoms with Gasteiger partial charge in [0.25, 0.3) is 0 Å². The monoisotopic (exact) mass is 345 g/mol. The summed E-state index contributed by atoms with van der Waals surface area (Å²) < 4.78 is 42.9. The quantitative estimate of drug-likeness (QED) is 0.830. The first kappa shape index (κ1) is 18.3. The molecule has 5 nitrogen and oxygen atoms in total. The van der Waals surface area contributed by atoms with Gasteiger partial charge < -0.3 is 15.2 Å². The summed E-state index contributed by atoms with van der Waals surface area (Å²) in [5, 5.41) is 11.7. The van der Waals surface area contributed by atoms with Gasteiger partial charge in [-0.2, -0.15) is 13.2 Å². The molecule has 1 heterocycles. The Kier molecular flexibility index (Phi) is 5.48. The lowest BCUT2D eigenvalue weighted by Gasteiger charge is -2.23. The maximum Gasteiger partial charge on any atom is 0.416 e. The predicted octanol–water partition coefficient (Wildman–Crippen LogP) is 2.39. The smallest absolute Gasteiger partial charge is 0.416 e. The second-order valence-corrected chi connectivity index (χ2v) is 5.79. The van der Waals surface area contributed by atoms with E-state index in [2.05, 4.69) is 5.32 Å². The maximum atomic E-state index is 12.6. The molecule has 0 saturated carbocycles. The SMILES string of the molecule is O=C(CCCc1cccc(C(F)(F)F)c1)NC1(C(=O)O)CCOC1. The standard InChI is InChI=1S/C16H18F3NO4/c17-16(18,19)12-5-1-3-11(9-12)4-2-6-13(21)20-15(14(22)23)7-8-24-10-15/h1,3,5,9H,2,4,6-8,10H2,(H,20,21)(H,22,23). The van der Waals surface area contributed by atoms with E-state index in [1.54, 1.807) is 6.07 Å². The summed E-state index contributed by atoms with van der Waals surface area (Å²) in [5.74, 6) is -1.60. The highest BCUT2D eigenvalue weighted by Crippen LogP contribution is 2.29. The number of ether oxygens (including phenoxy) is 1. The average molecular weight is 345 g/mol. The number of aryl methyl sites for hydroxylation is 1. The van der Waals surface area contributed by atoms with E-state index < -0.39 is 29.2 Å². The van der Waals surface area contributed by atoms with Crippen LogP contribution in [-0.2, 0) is 26.9 Å². The molecule has 0 radical (unpaired) electrons. The fourth-order valence-corrected chi connectivity index (χ4v) is 2.57. The predicted molar refractivity (Wildman–Crippen MR) is 78.3 cm³/mol. The number of carboxylic acid groups (broad SMARTS) is 1. The van der Waals surface area contributed by atoms with Crippen LogP contribution in [0.25, 0.3) is 0 Å². The molecular formula is C16H18F3NO4. The Morgan fingerprint density at radius 3 is 2.67 bits per heavy atom. The van der Waals surface area contributed by atoms with Crippen molar-refractivity contribution in [3.8, 4) is 0 Å². The van der Waals surface area contributed by atoms with Crippen LogP contribution in [0.4, 0.5) is 13.2 Å². The molecule has 132 valence electrons. The number of hydrogen-bond acceptors (Lipinski definition) is 3. The van der Waals surface area contributed by atoms with Crippen LogP contribution < -0.4 is 5.32 Å². The highest BCUT2D eigenvalue weighted by Gasteiger charge is 2.43. The van der Waals surface area contributed by atoms with Crippen LogP contribution in [0.15, 0.2) is 24.3 Å². The summed E-state index contributed by atoms with van der Waals surface area (Å²) in [5.41, 5.74) is -1.64. The largest absolute Gasteiger partial charge is 0.479 e. The van der Waals surface area contributed by atoms with Crippen molar-refractivity contribution >= 4 is 11.9 Å². The molecule has 1 aromatic rings. The zero-order valence-corrected chi connectivity index (χ0v) is 12.9. The fraction of sp³-hybridized carbons (Fsp3) is 0.500. The van der Waals surface area contributed by atoms with Crippen molar-refractivity contribution in [2.75, 3.05) is 13.2 Å². The average Bonchev–Trinajstić information content (AvgIpc) is 2.96. The fourth-order valence-electron chi connectivity index (χ4n) is 2.57. The first-order valence-electron chi connectivity index (χ1n) is 7.51. The number of benzene rings is 1. The third-order valence-corrected chi connectivity index (χ3v) is 3.93. The number of hydrogen-bond donors (Lipinski definition) is 2. The van der Waals surface area contributed by atoms with Gasteiger partial charge in [-0.05, 0) is 24.5 Å². The van der Waals surface area contributed by atoms with Crippen LogP contribution >= 0.6 is 0 Å². The molecule has 0 aliphatic carbocycles. The maximum absolute atomic E-state index is 12.6. The molecule has 2 rings (SSSR count). The second-order valence-electron chi connectivity index (χ2n) is 5.79. The van der Waals surface area contributed by atoms with Crippen LogP contribution in [0.5, 0.6) is 0 Å². The summed E-state index contributed by atoms with van der Waals surface area (Å²) in [6.07, 6.45) is -3.55. The lowest BCUT2D eigenvalue weighted by Crippen LogP contribution is -2.55. The Labute approximate surface area is 136 Å². The van der Waals surface area contributed by atoms with E-state index in [1.165, 1.54) is 6.07 Å². The highest BCUT2D eigenvalue weighted by atomic mass is 19.4. The van der Waals surface area contributed by atoms with Crippen LogP contribution in [-0.4, -0.2) is 35.7 Å². The normalized spacial score (nSPS) is 20.8. The van der Waals surface area contributed by atoms with Crippen molar-refractivity contribution < 1.29 is 32.6 Å². The van der Waals surface area contributed by atoms with E-state index in [9.17, 15) is 27.9 Å². The molecule has 0 aromatic heterocycles. The number of amides is 1. The number of rotatable bonds is 6. The van der Waals surface area contributed by atoms with Gasteiger partial charge in [0.05, 0.1) is 12.2 Å². The van der Waals surface area contributed by atoms with Crippen LogP contribution in [0.2, 0.25) is 0 Å². The molecule has 1 unspecified atom stereocenters. The second kappa shape index (κ2) is 7.21. The van der Waals surface area contributed by atoms with Gasteiger partial charge in [-0.15, -0.1) is 0 Å². The van der Waals surface area contributed by atoms with E-state index in [4.69, 9.17) is 4.74 Å². The van der Waals surface area contributed by atoms with Crippen LogP contribution in [0.1, 0.15) is 30.4 Å². The number of carboxylic acids is 1. The van der Waals surface area contributed by atoms with Crippen molar-refractivity contribution in [2.45, 2.75) is 37.4 Å². The van der Waals surface area contributed by atoms with Crippen LogP contribution in [0.3, 0.4) is 0 Å². The van der Waals surface area contributed by atoms with Crippen molar-refractivity contribution in [1.29, 1.82) is 0 Å². The molecule has 1 aliphatic heterocycles. The number of carbonyl (C=O) groups excluding carboxylic acids is 1. The van der Waals surface area contributed by atoms with Crippen molar-refractivity contribution in [3.05, 3.63) is 35.4 Å².